The third kappa shape index (κ3) is 2.87. The highest BCUT2D eigenvalue weighted by atomic mass is 19.1. The highest BCUT2D eigenvalue weighted by Crippen LogP contribution is 2.39. The van der Waals surface area contributed by atoms with Gasteiger partial charge < -0.3 is 15.2 Å². The molecule has 0 aliphatic heterocycles. The fourth-order valence-electron chi connectivity index (χ4n) is 2.06. The van der Waals surface area contributed by atoms with Crippen LogP contribution in [0.15, 0.2) is 18.2 Å². The predicted molar refractivity (Wildman–Crippen MR) is 68.3 cm³/mol. The monoisotopic (exact) mass is 267 g/mol. The van der Waals surface area contributed by atoms with Gasteiger partial charge in [0.2, 0.25) is 0 Å². The van der Waals surface area contributed by atoms with Crippen molar-refractivity contribution in [2.24, 2.45) is 11.7 Å². The zero-order chi connectivity index (χ0) is 14.0. The first-order valence-corrected chi connectivity index (χ1v) is 6.23. The molecular weight excluding hydrogens is 249 g/mol. The van der Waals surface area contributed by atoms with Crippen molar-refractivity contribution in [1.29, 1.82) is 0 Å². The number of carbonyl (C=O) groups is 1. The van der Waals surface area contributed by atoms with Crippen LogP contribution < -0.4 is 10.5 Å². The molecule has 1 saturated carbocycles. The Bertz CT molecular complexity index is 488. The molecular formula is C14H18FNO3. The lowest BCUT2D eigenvalue weighted by Crippen LogP contribution is -2.55. The van der Waals surface area contributed by atoms with Crippen molar-refractivity contribution >= 4 is 5.97 Å². The Hall–Kier alpha value is -1.62. The summed E-state index contributed by atoms with van der Waals surface area (Å²) in [6.07, 6.45) is 1.77. The van der Waals surface area contributed by atoms with Crippen molar-refractivity contribution in [3.63, 3.8) is 0 Å². The summed E-state index contributed by atoms with van der Waals surface area (Å²) in [5.74, 6) is -0.384. The molecule has 0 amide bonds. The molecule has 0 aromatic heterocycles. The maximum Gasteiger partial charge on any atom is 0.329 e. The smallest absolute Gasteiger partial charge is 0.329 e. The second-order valence-electron chi connectivity index (χ2n) is 5.00. The summed E-state index contributed by atoms with van der Waals surface area (Å²) in [5, 5.41) is 0. The van der Waals surface area contributed by atoms with Gasteiger partial charge in [0.25, 0.3) is 0 Å². The van der Waals surface area contributed by atoms with E-state index in [0.717, 1.165) is 18.4 Å². The zero-order valence-corrected chi connectivity index (χ0v) is 11.1. The van der Waals surface area contributed by atoms with E-state index < -0.39 is 11.5 Å². The number of halogens is 1. The number of hydrogen-bond donors (Lipinski definition) is 1. The van der Waals surface area contributed by atoms with Crippen molar-refractivity contribution < 1.29 is 18.7 Å². The van der Waals surface area contributed by atoms with E-state index in [1.54, 1.807) is 6.07 Å². The molecule has 2 N–H and O–H groups in total. The fourth-order valence-corrected chi connectivity index (χ4v) is 2.06. The molecule has 1 aliphatic rings. The van der Waals surface area contributed by atoms with Gasteiger partial charge >= 0.3 is 5.97 Å². The van der Waals surface area contributed by atoms with E-state index in [0.29, 0.717) is 5.75 Å². The summed E-state index contributed by atoms with van der Waals surface area (Å²) >= 11 is 0. The Morgan fingerprint density at radius 2 is 2.21 bits per heavy atom. The molecule has 1 unspecified atom stereocenters. The lowest BCUT2D eigenvalue weighted by molar-refractivity contribution is -0.149. The maximum atomic E-state index is 13.2. The molecule has 0 bridgehead atoms. The Labute approximate surface area is 111 Å². The number of rotatable bonds is 5. The summed E-state index contributed by atoms with van der Waals surface area (Å²) < 4.78 is 23.4. The summed E-state index contributed by atoms with van der Waals surface area (Å²) in [6.45, 7) is 1.80. The van der Waals surface area contributed by atoms with Crippen LogP contribution in [0.5, 0.6) is 5.75 Å². The number of esters is 1. The van der Waals surface area contributed by atoms with Crippen LogP contribution in [-0.4, -0.2) is 25.2 Å². The first-order chi connectivity index (χ1) is 8.97. The molecule has 1 aromatic rings. The Balaban J connectivity index is 2.11. The average molecular weight is 267 g/mol. The number of nitrogens with two attached hydrogens (primary N) is 1. The molecule has 2 rings (SSSR count). The number of carbonyl (C=O) groups excluding carboxylic acids is 1. The molecule has 104 valence electrons. The van der Waals surface area contributed by atoms with Gasteiger partial charge in [0.05, 0.1) is 7.11 Å². The average Bonchev–Trinajstić information content (AvgIpc) is 3.23. The van der Waals surface area contributed by atoms with Crippen LogP contribution in [0, 0.1) is 18.7 Å². The van der Waals surface area contributed by atoms with E-state index in [9.17, 15) is 9.18 Å². The number of hydrogen-bond acceptors (Lipinski definition) is 4. The maximum absolute atomic E-state index is 13.2. The van der Waals surface area contributed by atoms with Crippen LogP contribution in [0.25, 0.3) is 0 Å². The molecule has 0 saturated heterocycles. The Morgan fingerprint density at radius 1 is 1.53 bits per heavy atom. The minimum Gasteiger partial charge on any atom is -0.491 e. The normalized spacial score (nSPS) is 17.7. The molecule has 0 spiro atoms. The summed E-state index contributed by atoms with van der Waals surface area (Å²) in [6, 6.07) is 4.27. The number of methoxy groups -OCH3 is 1. The molecule has 0 heterocycles. The first-order valence-electron chi connectivity index (χ1n) is 6.23. The van der Waals surface area contributed by atoms with E-state index in [4.69, 9.17) is 15.2 Å². The van der Waals surface area contributed by atoms with E-state index in [1.807, 2.05) is 6.92 Å². The van der Waals surface area contributed by atoms with Crippen LogP contribution in [0.4, 0.5) is 4.39 Å². The largest absolute Gasteiger partial charge is 0.491 e. The minimum absolute atomic E-state index is 0.00532. The lowest BCUT2D eigenvalue weighted by atomic mass is 9.96. The number of aryl methyl sites for hydroxylation is 1. The van der Waals surface area contributed by atoms with Crippen LogP contribution in [-0.2, 0) is 9.53 Å². The van der Waals surface area contributed by atoms with Crippen molar-refractivity contribution in [2.75, 3.05) is 13.7 Å². The fraction of sp³-hybridized carbons (Fsp3) is 0.500. The van der Waals surface area contributed by atoms with Gasteiger partial charge in [-0.05, 0) is 37.3 Å². The second-order valence-corrected chi connectivity index (χ2v) is 5.00. The highest BCUT2D eigenvalue weighted by molar-refractivity contribution is 5.81. The SMILES string of the molecule is COC(=O)C(N)(COc1cc(F)ccc1C)C1CC1. The van der Waals surface area contributed by atoms with E-state index >= 15 is 0 Å². The van der Waals surface area contributed by atoms with E-state index in [-0.39, 0.29) is 18.3 Å². The highest BCUT2D eigenvalue weighted by Gasteiger charge is 2.49. The Morgan fingerprint density at radius 3 is 2.79 bits per heavy atom. The zero-order valence-electron chi connectivity index (χ0n) is 11.1. The van der Waals surface area contributed by atoms with Gasteiger partial charge in [0.15, 0.2) is 5.54 Å². The van der Waals surface area contributed by atoms with Gasteiger partial charge in [-0.25, -0.2) is 9.18 Å². The van der Waals surface area contributed by atoms with E-state index in [1.165, 1.54) is 19.2 Å². The summed E-state index contributed by atoms with van der Waals surface area (Å²) in [5.41, 5.74) is 5.75. The van der Waals surface area contributed by atoms with Gasteiger partial charge in [0.1, 0.15) is 18.2 Å². The van der Waals surface area contributed by atoms with Crippen LogP contribution in [0.1, 0.15) is 18.4 Å². The van der Waals surface area contributed by atoms with Gasteiger partial charge in [-0.2, -0.15) is 0 Å². The topological polar surface area (TPSA) is 61.5 Å². The van der Waals surface area contributed by atoms with Crippen molar-refractivity contribution in [3.8, 4) is 5.75 Å². The van der Waals surface area contributed by atoms with Crippen LogP contribution >= 0.6 is 0 Å². The molecule has 0 radical (unpaired) electrons. The standard InChI is InChI=1S/C14H18FNO3/c1-9-3-6-11(15)7-12(9)19-8-14(16,10-4-5-10)13(17)18-2/h3,6-7,10H,4-5,8,16H2,1-2H3. The summed E-state index contributed by atoms with van der Waals surface area (Å²) in [7, 11) is 1.31. The first kappa shape index (κ1) is 13.8. The quantitative estimate of drug-likeness (QED) is 0.826. The summed E-state index contributed by atoms with van der Waals surface area (Å²) in [4.78, 5) is 11.8. The van der Waals surface area contributed by atoms with Crippen molar-refractivity contribution in [3.05, 3.63) is 29.6 Å². The number of benzene rings is 1. The van der Waals surface area contributed by atoms with Gasteiger partial charge in [-0.1, -0.05) is 6.07 Å². The molecule has 5 heteroatoms. The molecule has 1 fully saturated rings. The third-order valence-corrected chi connectivity index (χ3v) is 3.49. The van der Waals surface area contributed by atoms with Gasteiger partial charge in [-0.3, -0.25) is 0 Å². The van der Waals surface area contributed by atoms with Crippen LogP contribution in [0.2, 0.25) is 0 Å². The molecule has 19 heavy (non-hydrogen) atoms. The van der Waals surface area contributed by atoms with Crippen molar-refractivity contribution in [1.82, 2.24) is 0 Å². The van der Waals surface area contributed by atoms with Crippen LogP contribution in [0.3, 0.4) is 0 Å². The third-order valence-electron chi connectivity index (χ3n) is 3.49. The Kier molecular flexibility index (Phi) is 3.75. The number of ether oxygens (including phenoxy) is 2. The second kappa shape index (κ2) is 5.17. The predicted octanol–water partition coefficient (Wildman–Crippen LogP) is 1.79. The molecule has 4 nitrogen and oxygen atoms in total. The van der Waals surface area contributed by atoms with Crippen molar-refractivity contribution in [2.45, 2.75) is 25.3 Å². The molecule has 1 aromatic carbocycles. The van der Waals surface area contributed by atoms with Gasteiger partial charge in [-0.15, -0.1) is 0 Å². The minimum atomic E-state index is -1.15. The molecule has 1 aliphatic carbocycles. The lowest BCUT2D eigenvalue weighted by Gasteiger charge is -2.26. The van der Waals surface area contributed by atoms with Gasteiger partial charge in [0, 0.05) is 6.07 Å². The van der Waals surface area contributed by atoms with E-state index in [2.05, 4.69) is 0 Å². The molecule has 1 atom stereocenters.